The largest absolute Gasteiger partial charge is 0.481 e. The number of carboxylic acid groups (broad SMARTS) is 1. The van der Waals surface area contributed by atoms with Gasteiger partial charge in [-0.25, -0.2) is 8.42 Å². The minimum atomic E-state index is -3.37. The SMILES string of the molecule is Cc1ccc(S(C)(=O)=O)cc1C(=O)N1CCC[C@@H](CCC(=O)O)C1. The van der Waals surface area contributed by atoms with Crippen molar-refractivity contribution in [3.05, 3.63) is 29.3 Å². The van der Waals surface area contributed by atoms with Crippen LogP contribution in [0.15, 0.2) is 23.1 Å². The number of sulfone groups is 1. The molecule has 0 aromatic heterocycles. The van der Waals surface area contributed by atoms with Crippen molar-refractivity contribution in [2.75, 3.05) is 19.3 Å². The van der Waals surface area contributed by atoms with Gasteiger partial charge in [0.05, 0.1) is 4.90 Å². The Morgan fingerprint density at radius 1 is 1.33 bits per heavy atom. The second-order valence-electron chi connectivity index (χ2n) is 6.44. The molecule has 7 heteroatoms. The average molecular weight is 353 g/mol. The third-order valence-electron chi connectivity index (χ3n) is 4.44. The quantitative estimate of drug-likeness (QED) is 0.875. The van der Waals surface area contributed by atoms with Crippen molar-refractivity contribution in [3.8, 4) is 0 Å². The third-order valence-corrected chi connectivity index (χ3v) is 5.55. The predicted molar refractivity (Wildman–Crippen MR) is 89.8 cm³/mol. The third kappa shape index (κ3) is 4.56. The van der Waals surface area contributed by atoms with Gasteiger partial charge in [-0.1, -0.05) is 6.07 Å². The number of aliphatic carboxylic acids is 1. The van der Waals surface area contributed by atoms with Gasteiger partial charge in [-0.3, -0.25) is 9.59 Å². The van der Waals surface area contributed by atoms with E-state index in [1.807, 2.05) is 0 Å². The number of aryl methyl sites for hydroxylation is 1. The Morgan fingerprint density at radius 3 is 2.67 bits per heavy atom. The molecule has 1 aliphatic rings. The van der Waals surface area contributed by atoms with Crippen LogP contribution in [0.5, 0.6) is 0 Å². The Balaban J connectivity index is 2.17. The first kappa shape index (κ1) is 18.4. The molecule has 0 saturated carbocycles. The van der Waals surface area contributed by atoms with Gasteiger partial charge in [-0.05, 0) is 49.8 Å². The number of piperidine rings is 1. The summed E-state index contributed by atoms with van der Waals surface area (Å²) in [5, 5.41) is 8.80. The summed E-state index contributed by atoms with van der Waals surface area (Å²) < 4.78 is 23.4. The number of carbonyl (C=O) groups excluding carboxylic acids is 1. The standard InChI is InChI=1S/C17H23NO5S/c1-12-5-7-14(24(2,22)23)10-15(12)17(21)18-9-3-4-13(11-18)6-8-16(19)20/h5,7,10,13H,3-4,6,8-9,11H2,1-2H3,(H,19,20)/t13-/m0/s1. The van der Waals surface area contributed by atoms with Crippen molar-refractivity contribution in [1.29, 1.82) is 0 Å². The minimum absolute atomic E-state index is 0.106. The van der Waals surface area contributed by atoms with Crippen LogP contribution in [0.1, 0.15) is 41.6 Å². The molecule has 1 heterocycles. The van der Waals surface area contributed by atoms with Crippen molar-refractivity contribution in [2.45, 2.75) is 37.5 Å². The van der Waals surface area contributed by atoms with Gasteiger partial charge < -0.3 is 10.0 Å². The summed E-state index contributed by atoms with van der Waals surface area (Å²) in [6.07, 6.45) is 3.53. The van der Waals surface area contributed by atoms with Crippen LogP contribution < -0.4 is 0 Å². The zero-order chi connectivity index (χ0) is 17.9. The van der Waals surface area contributed by atoms with Crippen molar-refractivity contribution in [3.63, 3.8) is 0 Å². The first-order valence-electron chi connectivity index (χ1n) is 8.00. The molecule has 1 aromatic rings. The highest BCUT2D eigenvalue weighted by molar-refractivity contribution is 7.90. The Labute approximate surface area is 142 Å². The molecule has 132 valence electrons. The van der Waals surface area contributed by atoms with E-state index in [0.29, 0.717) is 25.1 Å². The van der Waals surface area contributed by atoms with E-state index in [-0.39, 0.29) is 23.1 Å². The van der Waals surface area contributed by atoms with Crippen LogP contribution in [0.4, 0.5) is 0 Å². The maximum absolute atomic E-state index is 12.8. The van der Waals surface area contributed by atoms with E-state index in [0.717, 1.165) is 24.7 Å². The Bertz CT molecular complexity index is 741. The number of benzene rings is 1. The minimum Gasteiger partial charge on any atom is -0.481 e. The number of carbonyl (C=O) groups is 2. The molecular weight excluding hydrogens is 330 g/mol. The van der Waals surface area contributed by atoms with Crippen LogP contribution >= 0.6 is 0 Å². The zero-order valence-electron chi connectivity index (χ0n) is 14.0. The summed E-state index contributed by atoms with van der Waals surface area (Å²) in [5.41, 5.74) is 1.14. The summed E-state index contributed by atoms with van der Waals surface area (Å²) in [4.78, 5) is 25.4. The first-order valence-corrected chi connectivity index (χ1v) is 9.89. The number of rotatable bonds is 5. The van der Waals surface area contributed by atoms with Gasteiger partial charge in [0, 0.05) is 31.3 Å². The second kappa shape index (κ2) is 7.34. The topological polar surface area (TPSA) is 91.8 Å². The molecule has 1 fully saturated rings. The molecule has 6 nitrogen and oxygen atoms in total. The maximum Gasteiger partial charge on any atom is 0.303 e. The fourth-order valence-electron chi connectivity index (χ4n) is 3.05. The van der Waals surface area contributed by atoms with Crippen LogP contribution in [0.2, 0.25) is 0 Å². The fourth-order valence-corrected chi connectivity index (χ4v) is 3.69. The molecule has 2 rings (SSSR count). The molecule has 0 radical (unpaired) electrons. The summed E-state index contributed by atoms with van der Waals surface area (Å²) in [6.45, 7) is 2.92. The highest BCUT2D eigenvalue weighted by atomic mass is 32.2. The van der Waals surface area contributed by atoms with Gasteiger partial charge in [0.25, 0.3) is 5.91 Å². The number of amides is 1. The lowest BCUT2D eigenvalue weighted by Gasteiger charge is -2.33. The molecule has 1 amide bonds. The molecule has 0 spiro atoms. The molecule has 0 bridgehead atoms. The van der Waals surface area contributed by atoms with Crippen LogP contribution in [-0.2, 0) is 14.6 Å². The van der Waals surface area contributed by atoms with Gasteiger partial charge in [0.1, 0.15) is 0 Å². The van der Waals surface area contributed by atoms with Crippen molar-refractivity contribution < 1.29 is 23.1 Å². The second-order valence-corrected chi connectivity index (χ2v) is 8.46. The predicted octanol–water partition coefficient (Wildman–Crippen LogP) is 2.12. The van der Waals surface area contributed by atoms with Crippen LogP contribution in [-0.4, -0.2) is 49.6 Å². The number of nitrogens with zero attached hydrogens (tertiary/aromatic N) is 1. The molecule has 24 heavy (non-hydrogen) atoms. The van der Waals surface area contributed by atoms with E-state index in [9.17, 15) is 18.0 Å². The summed E-state index contributed by atoms with van der Waals surface area (Å²) in [7, 11) is -3.37. The van der Waals surface area contributed by atoms with Gasteiger partial charge in [0.15, 0.2) is 9.84 Å². The first-order chi connectivity index (χ1) is 11.2. The van der Waals surface area contributed by atoms with Gasteiger partial charge in [-0.15, -0.1) is 0 Å². The normalized spacial score (nSPS) is 18.4. The molecule has 1 aromatic carbocycles. The smallest absolute Gasteiger partial charge is 0.303 e. The number of hydrogen-bond acceptors (Lipinski definition) is 4. The highest BCUT2D eigenvalue weighted by Crippen LogP contribution is 2.24. The molecule has 0 aliphatic carbocycles. The van der Waals surface area contributed by atoms with E-state index >= 15 is 0 Å². The van der Waals surface area contributed by atoms with Crippen molar-refractivity contribution >= 4 is 21.7 Å². The average Bonchev–Trinajstić information content (AvgIpc) is 2.52. The number of carboxylic acids is 1. The summed E-state index contributed by atoms with van der Waals surface area (Å²) >= 11 is 0. The van der Waals surface area contributed by atoms with E-state index in [2.05, 4.69) is 0 Å². The lowest BCUT2D eigenvalue weighted by atomic mass is 9.92. The van der Waals surface area contributed by atoms with Gasteiger partial charge in [0.2, 0.25) is 0 Å². The van der Waals surface area contributed by atoms with Gasteiger partial charge in [-0.2, -0.15) is 0 Å². The van der Waals surface area contributed by atoms with Crippen LogP contribution in [0, 0.1) is 12.8 Å². The molecular formula is C17H23NO5S. The lowest BCUT2D eigenvalue weighted by Crippen LogP contribution is -2.40. The Morgan fingerprint density at radius 2 is 2.04 bits per heavy atom. The van der Waals surface area contributed by atoms with E-state index in [1.165, 1.54) is 12.1 Å². The number of likely N-dealkylation sites (tertiary alicyclic amines) is 1. The Hall–Kier alpha value is -1.89. The molecule has 1 saturated heterocycles. The monoisotopic (exact) mass is 353 g/mol. The zero-order valence-corrected chi connectivity index (χ0v) is 14.8. The lowest BCUT2D eigenvalue weighted by molar-refractivity contribution is -0.137. The van der Waals surface area contributed by atoms with Crippen LogP contribution in [0.3, 0.4) is 0 Å². The van der Waals surface area contributed by atoms with E-state index in [1.54, 1.807) is 17.9 Å². The molecule has 1 atom stereocenters. The van der Waals surface area contributed by atoms with Gasteiger partial charge >= 0.3 is 5.97 Å². The summed E-state index contributed by atoms with van der Waals surface area (Å²) in [6, 6.07) is 4.59. The Kier molecular flexibility index (Phi) is 5.64. The summed E-state index contributed by atoms with van der Waals surface area (Å²) in [5.74, 6) is -0.828. The van der Waals surface area contributed by atoms with Crippen molar-refractivity contribution in [1.82, 2.24) is 4.90 Å². The van der Waals surface area contributed by atoms with E-state index < -0.39 is 15.8 Å². The van der Waals surface area contributed by atoms with Crippen LogP contribution in [0.25, 0.3) is 0 Å². The number of hydrogen-bond donors (Lipinski definition) is 1. The maximum atomic E-state index is 12.8. The molecule has 1 aliphatic heterocycles. The highest BCUT2D eigenvalue weighted by Gasteiger charge is 2.26. The van der Waals surface area contributed by atoms with Crippen molar-refractivity contribution in [2.24, 2.45) is 5.92 Å². The molecule has 1 N–H and O–H groups in total. The molecule has 0 unspecified atom stereocenters. The fraction of sp³-hybridized carbons (Fsp3) is 0.529. The van der Waals surface area contributed by atoms with E-state index in [4.69, 9.17) is 5.11 Å².